The average molecular weight is 279 g/mol. The number of nitrogens with one attached hydrogen (secondary N) is 1. The van der Waals surface area contributed by atoms with E-state index in [-0.39, 0.29) is 0 Å². The monoisotopic (exact) mass is 278 g/mol. The van der Waals surface area contributed by atoms with Gasteiger partial charge in [-0.05, 0) is 47.8 Å². The summed E-state index contributed by atoms with van der Waals surface area (Å²) >= 11 is 3.45. The summed E-state index contributed by atoms with van der Waals surface area (Å²) in [4.78, 5) is 0. The van der Waals surface area contributed by atoms with Crippen molar-refractivity contribution in [2.75, 3.05) is 5.32 Å². The Morgan fingerprint density at radius 1 is 1.56 bits per heavy atom. The lowest BCUT2D eigenvalue weighted by atomic mass is 9.97. The standard InChI is InChI=1S/C13H15BrN2/c1-3-4-9-13(2,10-15)16-12-8-6-5-7-11(12)14/h3,5-8,16H,1,4,9H2,2H3. The summed E-state index contributed by atoms with van der Waals surface area (Å²) in [6.07, 6.45) is 3.40. The molecule has 0 fully saturated rings. The van der Waals surface area contributed by atoms with E-state index < -0.39 is 5.54 Å². The third kappa shape index (κ3) is 3.39. The Kier molecular flexibility index (Phi) is 4.57. The van der Waals surface area contributed by atoms with Crippen LogP contribution >= 0.6 is 15.9 Å². The first-order chi connectivity index (χ1) is 7.61. The molecule has 0 saturated heterocycles. The van der Waals surface area contributed by atoms with Crippen LogP contribution in [0.5, 0.6) is 0 Å². The van der Waals surface area contributed by atoms with Crippen LogP contribution in [-0.2, 0) is 0 Å². The van der Waals surface area contributed by atoms with Gasteiger partial charge in [0.15, 0.2) is 0 Å². The molecule has 84 valence electrons. The molecule has 0 aliphatic heterocycles. The molecule has 1 aromatic rings. The largest absolute Gasteiger partial charge is 0.367 e. The number of anilines is 1. The maximum Gasteiger partial charge on any atom is 0.122 e. The zero-order valence-electron chi connectivity index (χ0n) is 9.33. The van der Waals surface area contributed by atoms with Crippen LogP contribution in [0.2, 0.25) is 0 Å². The molecule has 1 unspecified atom stereocenters. The van der Waals surface area contributed by atoms with Gasteiger partial charge in [0, 0.05) is 10.2 Å². The molecule has 0 aliphatic carbocycles. The summed E-state index contributed by atoms with van der Waals surface area (Å²) < 4.78 is 0.968. The summed E-state index contributed by atoms with van der Waals surface area (Å²) in [5, 5.41) is 12.5. The normalized spacial score (nSPS) is 13.6. The van der Waals surface area contributed by atoms with Crippen LogP contribution in [0.4, 0.5) is 5.69 Å². The number of hydrogen-bond donors (Lipinski definition) is 1. The van der Waals surface area contributed by atoms with E-state index in [0.29, 0.717) is 0 Å². The van der Waals surface area contributed by atoms with Crippen LogP contribution in [-0.4, -0.2) is 5.54 Å². The smallest absolute Gasteiger partial charge is 0.122 e. The second-order valence-corrected chi connectivity index (χ2v) is 4.73. The summed E-state index contributed by atoms with van der Waals surface area (Å²) in [6.45, 7) is 5.57. The highest BCUT2D eigenvalue weighted by molar-refractivity contribution is 9.10. The molecule has 0 radical (unpaired) electrons. The van der Waals surface area contributed by atoms with Crippen LogP contribution in [0.3, 0.4) is 0 Å². The van der Waals surface area contributed by atoms with Gasteiger partial charge in [0.05, 0.1) is 6.07 Å². The predicted octanol–water partition coefficient (Wildman–Crippen LogP) is 4.11. The molecular formula is C13H15BrN2. The number of nitrogens with zero attached hydrogens (tertiary/aromatic N) is 1. The van der Waals surface area contributed by atoms with E-state index in [4.69, 9.17) is 0 Å². The Balaban J connectivity index is 2.81. The highest BCUT2D eigenvalue weighted by atomic mass is 79.9. The molecule has 2 nitrogen and oxygen atoms in total. The first kappa shape index (κ1) is 12.8. The summed E-state index contributed by atoms with van der Waals surface area (Å²) in [5.74, 6) is 0. The number of nitriles is 1. The van der Waals surface area contributed by atoms with Gasteiger partial charge in [-0.25, -0.2) is 0 Å². The molecule has 1 aromatic carbocycles. The van der Waals surface area contributed by atoms with E-state index in [9.17, 15) is 5.26 Å². The Hall–Kier alpha value is -1.27. The molecular weight excluding hydrogens is 264 g/mol. The first-order valence-corrected chi connectivity index (χ1v) is 5.95. The quantitative estimate of drug-likeness (QED) is 0.823. The van der Waals surface area contributed by atoms with Crippen molar-refractivity contribution in [1.82, 2.24) is 0 Å². The highest BCUT2D eigenvalue weighted by Crippen LogP contribution is 2.26. The molecule has 3 heteroatoms. The molecule has 16 heavy (non-hydrogen) atoms. The van der Waals surface area contributed by atoms with Crippen molar-refractivity contribution in [3.05, 3.63) is 41.4 Å². The van der Waals surface area contributed by atoms with Crippen molar-refractivity contribution in [1.29, 1.82) is 5.26 Å². The molecule has 1 N–H and O–H groups in total. The third-order valence-corrected chi connectivity index (χ3v) is 3.07. The number of para-hydroxylation sites is 1. The highest BCUT2D eigenvalue weighted by Gasteiger charge is 2.22. The van der Waals surface area contributed by atoms with Gasteiger partial charge in [-0.1, -0.05) is 18.2 Å². The topological polar surface area (TPSA) is 35.8 Å². The van der Waals surface area contributed by atoms with Gasteiger partial charge in [-0.2, -0.15) is 5.26 Å². The van der Waals surface area contributed by atoms with Crippen molar-refractivity contribution in [3.63, 3.8) is 0 Å². The van der Waals surface area contributed by atoms with Gasteiger partial charge < -0.3 is 5.32 Å². The maximum atomic E-state index is 9.20. The zero-order valence-corrected chi connectivity index (χ0v) is 10.9. The fourth-order valence-corrected chi connectivity index (χ4v) is 1.78. The lowest BCUT2D eigenvalue weighted by molar-refractivity contribution is 0.596. The number of hydrogen-bond acceptors (Lipinski definition) is 2. The second-order valence-electron chi connectivity index (χ2n) is 3.88. The van der Waals surface area contributed by atoms with Crippen molar-refractivity contribution in [2.45, 2.75) is 25.3 Å². The van der Waals surface area contributed by atoms with Gasteiger partial charge in [-0.15, -0.1) is 6.58 Å². The molecule has 1 atom stereocenters. The number of halogens is 1. The molecule has 0 aliphatic rings. The fraction of sp³-hybridized carbons (Fsp3) is 0.308. The van der Waals surface area contributed by atoms with Crippen LogP contribution in [0.1, 0.15) is 19.8 Å². The van der Waals surface area contributed by atoms with E-state index in [2.05, 4.69) is 33.9 Å². The molecule has 0 amide bonds. The van der Waals surface area contributed by atoms with Gasteiger partial charge in [-0.3, -0.25) is 0 Å². The maximum absolute atomic E-state index is 9.20. The lowest BCUT2D eigenvalue weighted by Crippen LogP contribution is -2.32. The molecule has 0 bridgehead atoms. The summed E-state index contributed by atoms with van der Waals surface area (Å²) in [6, 6.07) is 10.1. The minimum absolute atomic E-state index is 0.557. The van der Waals surface area contributed by atoms with Crippen molar-refractivity contribution in [2.24, 2.45) is 0 Å². The van der Waals surface area contributed by atoms with Gasteiger partial charge in [0.1, 0.15) is 5.54 Å². The van der Waals surface area contributed by atoms with Crippen LogP contribution in [0.15, 0.2) is 41.4 Å². The predicted molar refractivity (Wildman–Crippen MR) is 71.2 cm³/mol. The molecule has 1 rings (SSSR count). The van der Waals surface area contributed by atoms with Crippen molar-refractivity contribution >= 4 is 21.6 Å². The van der Waals surface area contributed by atoms with Crippen LogP contribution in [0.25, 0.3) is 0 Å². The van der Waals surface area contributed by atoms with E-state index >= 15 is 0 Å². The van der Waals surface area contributed by atoms with Gasteiger partial charge in [0.2, 0.25) is 0 Å². The molecule has 0 saturated carbocycles. The van der Waals surface area contributed by atoms with E-state index in [0.717, 1.165) is 23.0 Å². The van der Waals surface area contributed by atoms with E-state index in [1.807, 2.05) is 37.3 Å². The van der Waals surface area contributed by atoms with Crippen molar-refractivity contribution in [3.8, 4) is 6.07 Å². The summed E-state index contributed by atoms with van der Waals surface area (Å²) in [5.41, 5.74) is 0.383. The molecule has 0 spiro atoms. The Morgan fingerprint density at radius 3 is 2.81 bits per heavy atom. The first-order valence-electron chi connectivity index (χ1n) is 5.16. The van der Waals surface area contributed by atoms with E-state index in [1.165, 1.54) is 0 Å². The molecule has 0 heterocycles. The fourth-order valence-electron chi connectivity index (χ4n) is 1.40. The van der Waals surface area contributed by atoms with E-state index in [1.54, 1.807) is 0 Å². The number of rotatable bonds is 5. The summed E-state index contributed by atoms with van der Waals surface area (Å²) in [7, 11) is 0. The lowest BCUT2D eigenvalue weighted by Gasteiger charge is -2.24. The Labute approximate surface area is 105 Å². The minimum Gasteiger partial charge on any atom is -0.367 e. The molecule has 0 aromatic heterocycles. The SMILES string of the molecule is C=CCCC(C)(C#N)Nc1ccccc1Br. The Morgan fingerprint density at radius 2 is 2.25 bits per heavy atom. The van der Waals surface area contributed by atoms with Gasteiger partial charge >= 0.3 is 0 Å². The number of allylic oxidation sites excluding steroid dienone is 1. The van der Waals surface area contributed by atoms with Gasteiger partial charge in [0.25, 0.3) is 0 Å². The zero-order chi connectivity index (χ0) is 12.0. The average Bonchev–Trinajstić information content (AvgIpc) is 2.30. The Bertz CT molecular complexity index is 409. The third-order valence-electron chi connectivity index (χ3n) is 2.38. The second kappa shape index (κ2) is 5.72. The minimum atomic E-state index is -0.557. The van der Waals surface area contributed by atoms with Crippen molar-refractivity contribution < 1.29 is 0 Å². The van der Waals surface area contributed by atoms with Crippen LogP contribution < -0.4 is 5.32 Å². The number of benzene rings is 1. The van der Waals surface area contributed by atoms with Crippen LogP contribution in [0, 0.1) is 11.3 Å².